The van der Waals surface area contributed by atoms with Crippen LogP contribution in [0.15, 0.2) is 12.2 Å². The third-order valence-corrected chi connectivity index (χ3v) is 5.85. The van der Waals surface area contributed by atoms with Crippen molar-refractivity contribution in [2.75, 3.05) is 0 Å². The molecule has 0 bridgehead atoms. The van der Waals surface area contributed by atoms with Crippen LogP contribution in [0.25, 0.3) is 0 Å². The van der Waals surface area contributed by atoms with Gasteiger partial charge in [0.15, 0.2) is 0 Å². The van der Waals surface area contributed by atoms with E-state index in [1.165, 1.54) is 25.7 Å². The van der Waals surface area contributed by atoms with E-state index >= 15 is 0 Å². The molecule has 2 aliphatic carbocycles. The van der Waals surface area contributed by atoms with Crippen molar-refractivity contribution >= 4 is 0 Å². The molecule has 2 N–H and O–H groups in total. The van der Waals surface area contributed by atoms with Gasteiger partial charge in [-0.05, 0) is 69.1 Å². The average Bonchev–Trinajstić information content (AvgIpc) is 2.66. The maximum Gasteiger partial charge on any atom is 0.0626 e. The van der Waals surface area contributed by atoms with Gasteiger partial charge in [0.25, 0.3) is 0 Å². The van der Waals surface area contributed by atoms with Gasteiger partial charge in [-0.2, -0.15) is 0 Å². The molecule has 2 fully saturated rings. The highest BCUT2D eigenvalue weighted by Gasteiger charge is 2.51. The molecule has 116 valence electrons. The zero-order valence-electron chi connectivity index (χ0n) is 13.6. The molecule has 2 rings (SSSR count). The lowest BCUT2D eigenvalue weighted by atomic mass is 9.62. The van der Waals surface area contributed by atoms with Crippen LogP contribution in [0, 0.1) is 23.2 Å². The van der Waals surface area contributed by atoms with Crippen LogP contribution in [0.5, 0.6) is 0 Å². The van der Waals surface area contributed by atoms with Gasteiger partial charge in [0.05, 0.1) is 11.7 Å². The molecule has 2 aliphatic rings. The van der Waals surface area contributed by atoms with Crippen molar-refractivity contribution in [2.45, 2.75) is 77.9 Å². The summed E-state index contributed by atoms with van der Waals surface area (Å²) >= 11 is 0. The molecule has 0 saturated heterocycles. The Morgan fingerprint density at radius 2 is 2.00 bits per heavy atom. The third kappa shape index (κ3) is 3.28. The molecule has 0 amide bonds. The van der Waals surface area contributed by atoms with Gasteiger partial charge in [0.2, 0.25) is 0 Å². The number of hydrogen-bond donors (Lipinski definition) is 2. The van der Waals surface area contributed by atoms with Gasteiger partial charge in [0, 0.05) is 0 Å². The molecule has 0 spiro atoms. The highest BCUT2D eigenvalue weighted by Crippen LogP contribution is 2.57. The molecular weight excluding hydrogens is 248 g/mol. The first-order chi connectivity index (χ1) is 9.24. The summed E-state index contributed by atoms with van der Waals surface area (Å²) in [6.45, 7) is 8.41. The number of fused-ring (bicyclic) bond motifs is 1. The first kappa shape index (κ1) is 16.0. The van der Waals surface area contributed by atoms with Gasteiger partial charge in [-0.15, -0.1) is 0 Å². The molecule has 0 aromatic rings. The summed E-state index contributed by atoms with van der Waals surface area (Å²) in [4.78, 5) is 0. The molecule has 5 atom stereocenters. The fourth-order valence-electron chi connectivity index (χ4n) is 4.76. The number of hydrogen-bond acceptors (Lipinski definition) is 2. The van der Waals surface area contributed by atoms with E-state index in [0.29, 0.717) is 29.6 Å². The van der Waals surface area contributed by atoms with Gasteiger partial charge in [-0.3, -0.25) is 0 Å². The maximum absolute atomic E-state index is 10.3. The summed E-state index contributed by atoms with van der Waals surface area (Å²) in [7, 11) is 0. The van der Waals surface area contributed by atoms with Crippen LogP contribution in [0.3, 0.4) is 0 Å². The number of rotatable bonds is 4. The largest absolute Gasteiger partial charge is 0.393 e. The molecule has 20 heavy (non-hydrogen) atoms. The molecule has 3 unspecified atom stereocenters. The smallest absolute Gasteiger partial charge is 0.0626 e. The van der Waals surface area contributed by atoms with Crippen molar-refractivity contribution in [1.29, 1.82) is 0 Å². The van der Waals surface area contributed by atoms with Crippen LogP contribution in [-0.2, 0) is 0 Å². The summed E-state index contributed by atoms with van der Waals surface area (Å²) in [6, 6.07) is 0. The normalized spacial score (nSPS) is 40.0. The standard InChI is InChI=1S/C18H32O2/c1-13(7-5-11-17(2,3)20)14-9-10-15-16(19)8-6-12-18(14,15)4/h5,7,13-16,19-20H,6,8-12H2,1-4H3/b7-5+/t13-,14?,15?,16?,18+/m0/s1. The second-order valence-corrected chi connectivity index (χ2v) is 8.06. The summed E-state index contributed by atoms with van der Waals surface area (Å²) in [6.07, 6.45) is 10.9. The maximum atomic E-state index is 10.3. The summed E-state index contributed by atoms with van der Waals surface area (Å²) < 4.78 is 0. The average molecular weight is 280 g/mol. The fourth-order valence-corrected chi connectivity index (χ4v) is 4.76. The minimum absolute atomic E-state index is 0.0775. The van der Waals surface area contributed by atoms with E-state index in [-0.39, 0.29) is 6.10 Å². The Hall–Kier alpha value is -0.340. The molecule has 0 heterocycles. The molecule has 0 aliphatic heterocycles. The highest BCUT2D eigenvalue weighted by molar-refractivity contribution is 5.05. The van der Waals surface area contributed by atoms with E-state index in [0.717, 1.165) is 6.42 Å². The molecule has 0 radical (unpaired) electrons. The van der Waals surface area contributed by atoms with Gasteiger partial charge >= 0.3 is 0 Å². The zero-order chi connectivity index (χ0) is 15.0. The van der Waals surface area contributed by atoms with E-state index in [2.05, 4.69) is 26.0 Å². The second-order valence-electron chi connectivity index (χ2n) is 8.06. The van der Waals surface area contributed by atoms with Crippen LogP contribution in [0.1, 0.15) is 66.2 Å². The van der Waals surface area contributed by atoms with E-state index in [9.17, 15) is 10.2 Å². The minimum Gasteiger partial charge on any atom is -0.393 e. The summed E-state index contributed by atoms with van der Waals surface area (Å²) in [5.41, 5.74) is -0.296. The van der Waals surface area contributed by atoms with Crippen molar-refractivity contribution in [3.05, 3.63) is 12.2 Å². The first-order valence-corrected chi connectivity index (χ1v) is 8.31. The number of allylic oxidation sites excluding steroid dienone is 1. The Bertz CT molecular complexity index is 355. The van der Waals surface area contributed by atoms with Crippen molar-refractivity contribution in [2.24, 2.45) is 23.2 Å². The van der Waals surface area contributed by atoms with E-state index in [1.54, 1.807) is 0 Å². The van der Waals surface area contributed by atoms with E-state index < -0.39 is 5.60 Å². The molecule has 2 saturated carbocycles. The summed E-state index contributed by atoms with van der Waals surface area (Å²) in [5.74, 6) is 1.73. The van der Waals surface area contributed by atoms with E-state index in [4.69, 9.17) is 0 Å². The molecule has 2 heteroatoms. The monoisotopic (exact) mass is 280 g/mol. The molecule has 0 aromatic carbocycles. The van der Waals surface area contributed by atoms with Crippen molar-refractivity contribution < 1.29 is 10.2 Å². The fraction of sp³-hybridized carbons (Fsp3) is 0.889. The van der Waals surface area contributed by atoms with Crippen LogP contribution in [0.4, 0.5) is 0 Å². The summed E-state index contributed by atoms with van der Waals surface area (Å²) in [5, 5.41) is 20.1. The first-order valence-electron chi connectivity index (χ1n) is 8.31. The third-order valence-electron chi connectivity index (χ3n) is 5.85. The number of aliphatic hydroxyl groups is 2. The SMILES string of the molecule is C[C@@H](/C=C/CC(C)(C)O)C1CCC2C(O)CCC[C@@]21C. The minimum atomic E-state index is -0.612. The van der Waals surface area contributed by atoms with E-state index in [1.807, 2.05) is 13.8 Å². The van der Waals surface area contributed by atoms with Crippen molar-refractivity contribution in [1.82, 2.24) is 0 Å². The Kier molecular flexibility index (Phi) is 4.66. The quantitative estimate of drug-likeness (QED) is 0.766. The van der Waals surface area contributed by atoms with Gasteiger partial charge in [-0.1, -0.05) is 32.4 Å². The van der Waals surface area contributed by atoms with Gasteiger partial charge in [0.1, 0.15) is 0 Å². The van der Waals surface area contributed by atoms with Gasteiger partial charge in [-0.25, -0.2) is 0 Å². The predicted octanol–water partition coefficient (Wildman–Crippen LogP) is 3.92. The Labute approximate surface area is 124 Å². The Morgan fingerprint density at radius 1 is 1.30 bits per heavy atom. The highest BCUT2D eigenvalue weighted by atomic mass is 16.3. The molecular formula is C18H32O2. The lowest BCUT2D eigenvalue weighted by Gasteiger charge is -2.44. The lowest BCUT2D eigenvalue weighted by Crippen LogP contribution is -2.41. The second kappa shape index (κ2) is 5.81. The van der Waals surface area contributed by atoms with Crippen LogP contribution < -0.4 is 0 Å². The molecule has 2 nitrogen and oxygen atoms in total. The van der Waals surface area contributed by atoms with Crippen molar-refractivity contribution in [3.8, 4) is 0 Å². The topological polar surface area (TPSA) is 40.5 Å². The Balaban J connectivity index is 2.02. The molecule has 0 aromatic heterocycles. The van der Waals surface area contributed by atoms with Crippen LogP contribution in [0.2, 0.25) is 0 Å². The number of aliphatic hydroxyl groups excluding tert-OH is 1. The lowest BCUT2D eigenvalue weighted by molar-refractivity contribution is -0.0231. The Morgan fingerprint density at radius 3 is 2.65 bits per heavy atom. The predicted molar refractivity (Wildman–Crippen MR) is 83.4 cm³/mol. The van der Waals surface area contributed by atoms with Crippen molar-refractivity contribution in [3.63, 3.8) is 0 Å². The van der Waals surface area contributed by atoms with Crippen LogP contribution in [-0.4, -0.2) is 21.9 Å². The van der Waals surface area contributed by atoms with Crippen LogP contribution >= 0.6 is 0 Å². The van der Waals surface area contributed by atoms with Gasteiger partial charge < -0.3 is 10.2 Å². The zero-order valence-corrected chi connectivity index (χ0v) is 13.6.